The second-order valence-electron chi connectivity index (χ2n) is 6.33. The quantitative estimate of drug-likeness (QED) is 0.567. The Bertz CT molecular complexity index is 1170. The van der Waals surface area contributed by atoms with E-state index >= 15 is 0 Å². The fourth-order valence-electron chi connectivity index (χ4n) is 2.87. The first-order valence-corrected chi connectivity index (χ1v) is 8.24. The number of halogens is 4. The zero-order valence-electron chi connectivity index (χ0n) is 15.1. The molecule has 0 aliphatic carbocycles. The van der Waals surface area contributed by atoms with Gasteiger partial charge in [-0.3, -0.25) is 4.79 Å². The SMILES string of the molecule is Cc1nc2cc(C(F)(F)F)c([C@H](C)Nc3ncc(C(=O)O)cc3F)cc2c(=O)[nH]1. The van der Waals surface area contributed by atoms with E-state index in [0.29, 0.717) is 6.07 Å². The summed E-state index contributed by atoms with van der Waals surface area (Å²) in [6, 6.07) is 1.40. The van der Waals surface area contributed by atoms with Gasteiger partial charge in [-0.25, -0.2) is 19.2 Å². The molecule has 0 radical (unpaired) electrons. The van der Waals surface area contributed by atoms with Crippen LogP contribution >= 0.6 is 0 Å². The Hall–Kier alpha value is -3.50. The lowest BCUT2D eigenvalue weighted by Crippen LogP contribution is -2.19. The summed E-state index contributed by atoms with van der Waals surface area (Å²) in [6.07, 6.45) is -3.88. The Morgan fingerprint density at radius 2 is 1.97 bits per heavy atom. The molecule has 0 amide bonds. The Labute approximate surface area is 160 Å². The van der Waals surface area contributed by atoms with Crippen molar-refractivity contribution >= 4 is 22.7 Å². The van der Waals surface area contributed by atoms with Gasteiger partial charge in [0.05, 0.1) is 28.1 Å². The Morgan fingerprint density at radius 3 is 2.55 bits per heavy atom. The molecule has 0 saturated carbocycles. The van der Waals surface area contributed by atoms with Gasteiger partial charge in [0.1, 0.15) is 5.82 Å². The van der Waals surface area contributed by atoms with E-state index in [9.17, 15) is 27.2 Å². The molecule has 0 saturated heterocycles. The highest BCUT2D eigenvalue weighted by atomic mass is 19.4. The minimum atomic E-state index is -4.75. The monoisotopic (exact) mass is 410 g/mol. The number of hydrogen-bond acceptors (Lipinski definition) is 5. The van der Waals surface area contributed by atoms with Crippen LogP contribution in [0.3, 0.4) is 0 Å². The van der Waals surface area contributed by atoms with Crippen LogP contribution in [0.4, 0.5) is 23.4 Å². The standard InChI is InChI=1S/C18H14F4N4O3/c1-7(24-15-13(19)3-9(6-23-15)17(28)29)10-4-11-14(5-12(10)18(20,21)22)25-8(2)26-16(11)27/h3-7H,1-2H3,(H,23,24)(H,28,29)(H,25,26,27)/t7-/m0/s1. The zero-order chi connectivity index (χ0) is 21.5. The highest BCUT2D eigenvalue weighted by Crippen LogP contribution is 2.37. The number of aromatic carboxylic acids is 1. The molecule has 0 bridgehead atoms. The number of aromatic nitrogens is 3. The number of carboxylic acid groups (broad SMARTS) is 1. The summed E-state index contributed by atoms with van der Waals surface area (Å²) in [5, 5.41) is 11.3. The molecule has 0 aliphatic rings. The first-order chi connectivity index (χ1) is 13.5. The van der Waals surface area contributed by atoms with Gasteiger partial charge in [0.25, 0.3) is 5.56 Å². The van der Waals surface area contributed by atoms with E-state index in [-0.39, 0.29) is 22.3 Å². The maximum Gasteiger partial charge on any atom is 0.416 e. The molecule has 152 valence electrons. The number of aryl methyl sites for hydroxylation is 1. The predicted octanol–water partition coefficient (Wildman–Crippen LogP) is 3.66. The van der Waals surface area contributed by atoms with Gasteiger partial charge in [0.15, 0.2) is 11.6 Å². The maximum atomic E-state index is 14.1. The minimum Gasteiger partial charge on any atom is -0.478 e. The Balaban J connectivity index is 2.10. The van der Waals surface area contributed by atoms with Gasteiger partial charge in [0.2, 0.25) is 0 Å². The molecule has 2 aromatic heterocycles. The fraction of sp³-hybridized carbons (Fsp3) is 0.222. The molecular formula is C18H14F4N4O3. The highest BCUT2D eigenvalue weighted by molar-refractivity contribution is 5.87. The van der Waals surface area contributed by atoms with Crippen LogP contribution in [0.1, 0.15) is 40.3 Å². The number of hydrogen-bond donors (Lipinski definition) is 3. The van der Waals surface area contributed by atoms with Gasteiger partial charge in [0, 0.05) is 6.20 Å². The second-order valence-corrected chi connectivity index (χ2v) is 6.33. The summed E-state index contributed by atoms with van der Waals surface area (Å²) in [5.41, 5.74) is -2.49. The Morgan fingerprint density at radius 1 is 1.28 bits per heavy atom. The summed E-state index contributed by atoms with van der Waals surface area (Å²) >= 11 is 0. The highest BCUT2D eigenvalue weighted by Gasteiger charge is 2.35. The number of nitrogens with one attached hydrogen (secondary N) is 2. The van der Waals surface area contributed by atoms with Gasteiger partial charge in [-0.2, -0.15) is 13.2 Å². The number of alkyl halides is 3. The van der Waals surface area contributed by atoms with E-state index < -0.39 is 46.5 Å². The second kappa shape index (κ2) is 7.15. The largest absolute Gasteiger partial charge is 0.478 e. The molecule has 2 heterocycles. The van der Waals surface area contributed by atoms with Gasteiger partial charge < -0.3 is 15.4 Å². The average Bonchev–Trinajstić information content (AvgIpc) is 2.61. The first kappa shape index (κ1) is 20.2. The lowest BCUT2D eigenvalue weighted by Gasteiger charge is -2.21. The molecular weight excluding hydrogens is 396 g/mol. The number of carboxylic acids is 1. The predicted molar refractivity (Wildman–Crippen MR) is 95.3 cm³/mol. The van der Waals surface area contributed by atoms with Crippen molar-refractivity contribution in [2.75, 3.05) is 5.32 Å². The van der Waals surface area contributed by atoms with Gasteiger partial charge >= 0.3 is 12.1 Å². The van der Waals surface area contributed by atoms with Crippen LogP contribution in [0.2, 0.25) is 0 Å². The Kier molecular flexibility index (Phi) is 4.99. The number of carbonyl (C=O) groups is 1. The van der Waals surface area contributed by atoms with Crippen molar-refractivity contribution in [1.29, 1.82) is 0 Å². The average molecular weight is 410 g/mol. The number of H-pyrrole nitrogens is 1. The minimum absolute atomic E-state index is 0.0538. The number of rotatable bonds is 4. The van der Waals surface area contributed by atoms with E-state index in [1.165, 1.54) is 13.8 Å². The summed E-state index contributed by atoms with van der Waals surface area (Å²) < 4.78 is 54.9. The lowest BCUT2D eigenvalue weighted by molar-refractivity contribution is -0.138. The summed E-state index contributed by atoms with van der Waals surface area (Å²) in [4.78, 5) is 32.9. The molecule has 3 rings (SSSR count). The molecule has 0 fully saturated rings. The molecule has 7 nitrogen and oxygen atoms in total. The number of aromatic amines is 1. The van der Waals surface area contributed by atoms with E-state index in [1.807, 2.05) is 0 Å². The molecule has 0 unspecified atom stereocenters. The topological polar surface area (TPSA) is 108 Å². The van der Waals surface area contributed by atoms with E-state index in [2.05, 4.69) is 20.3 Å². The van der Waals surface area contributed by atoms with Crippen LogP contribution in [0.5, 0.6) is 0 Å². The summed E-state index contributed by atoms with van der Waals surface area (Å²) in [5.74, 6) is -2.70. The van der Waals surface area contributed by atoms with Crippen LogP contribution in [-0.2, 0) is 6.18 Å². The van der Waals surface area contributed by atoms with E-state index in [1.54, 1.807) is 0 Å². The van der Waals surface area contributed by atoms with Crippen molar-refractivity contribution in [3.63, 3.8) is 0 Å². The third-order valence-electron chi connectivity index (χ3n) is 4.21. The van der Waals surface area contributed by atoms with Crippen molar-refractivity contribution in [3.8, 4) is 0 Å². The number of fused-ring (bicyclic) bond motifs is 1. The van der Waals surface area contributed by atoms with Crippen molar-refractivity contribution in [2.24, 2.45) is 0 Å². The third-order valence-corrected chi connectivity index (χ3v) is 4.21. The zero-order valence-corrected chi connectivity index (χ0v) is 15.1. The normalized spacial score (nSPS) is 12.8. The molecule has 29 heavy (non-hydrogen) atoms. The number of nitrogens with zero attached hydrogens (tertiary/aromatic N) is 2. The van der Waals surface area contributed by atoms with Crippen molar-refractivity contribution < 1.29 is 27.5 Å². The summed E-state index contributed by atoms with van der Waals surface area (Å²) in [7, 11) is 0. The number of anilines is 1. The van der Waals surface area contributed by atoms with Crippen molar-refractivity contribution in [1.82, 2.24) is 15.0 Å². The van der Waals surface area contributed by atoms with E-state index in [0.717, 1.165) is 18.3 Å². The van der Waals surface area contributed by atoms with Gasteiger partial charge in [-0.1, -0.05) is 0 Å². The van der Waals surface area contributed by atoms with E-state index in [4.69, 9.17) is 5.11 Å². The maximum absolute atomic E-state index is 14.1. The van der Waals surface area contributed by atoms with Crippen LogP contribution in [0.15, 0.2) is 29.2 Å². The molecule has 1 atom stereocenters. The van der Waals surface area contributed by atoms with Crippen LogP contribution in [0, 0.1) is 12.7 Å². The number of pyridine rings is 1. The molecule has 3 aromatic rings. The van der Waals surface area contributed by atoms with Crippen LogP contribution in [-0.4, -0.2) is 26.0 Å². The molecule has 0 spiro atoms. The first-order valence-electron chi connectivity index (χ1n) is 8.24. The van der Waals surface area contributed by atoms with Crippen LogP contribution < -0.4 is 10.9 Å². The number of benzene rings is 1. The fourth-order valence-corrected chi connectivity index (χ4v) is 2.87. The van der Waals surface area contributed by atoms with Gasteiger partial charge in [-0.15, -0.1) is 0 Å². The smallest absolute Gasteiger partial charge is 0.416 e. The molecule has 0 aliphatic heterocycles. The molecule has 1 aromatic carbocycles. The van der Waals surface area contributed by atoms with Crippen molar-refractivity contribution in [3.05, 3.63) is 63.1 Å². The molecule has 3 N–H and O–H groups in total. The van der Waals surface area contributed by atoms with Crippen LogP contribution in [0.25, 0.3) is 10.9 Å². The lowest BCUT2D eigenvalue weighted by atomic mass is 9.98. The summed E-state index contributed by atoms with van der Waals surface area (Å²) in [6.45, 7) is 2.78. The van der Waals surface area contributed by atoms with Crippen molar-refractivity contribution in [2.45, 2.75) is 26.1 Å². The molecule has 11 heteroatoms. The third kappa shape index (κ3) is 4.03. The van der Waals surface area contributed by atoms with Gasteiger partial charge in [-0.05, 0) is 37.6 Å².